The molecule has 0 aliphatic rings. The first kappa shape index (κ1) is 13.8. The second-order valence-electron chi connectivity index (χ2n) is 5.32. The highest BCUT2D eigenvalue weighted by atomic mass is 19.1. The normalized spacial score (nSPS) is 12.5. The fourth-order valence-corrected chi connectivity index (χ4v) is 2.74. The van der Waals surface area contributed by atoms with Crippen molar-refractivity contribution in [1.29, 1.82) is 0 Å². The van der Waals surface area contributed by atoms with Crippen LogP contribution in [0, 0.1) is 33.5 Å². The molecule has 0 bridgehead atoms. The summed E-state index contributed by atoms with van der Waals surface area (Å²) in [6.45, 7) is 8.07. The predicted molar refractivity (Wildman–Crippen MR) is 77.8 cm³/mol. The van der Waals surface area contributed by atoms with E-state index < -0.39 is 6.04 Å². The van der Waals surface area contributed by atoms with Crippen LogP contribution in [-0.2, 0) is 0 Å². The van der Waals surface area contributed by atoms with E-state index in [-0.39, 0.29) is 5.82 Å². The lowest BCUT2D eigenvalue weighted by Crippen LogP contribution is -2.16. The molecule has 19 heavy (non-hydrogen) atoms. The zero-order chi connectivity index (χ0) is 14.2. The van der Waals surface area contributed by atoms with E-state index in [9.17, 15) is 4.39 Å². The zero-order valence-corrected chi connectivity index (χ0v) is 11.9. The van der Waals surface area contributed by atoms with E-state index >= 15 is 0 Å². The Balaban J connectivity index is 2.56. The van der Waals surface area contributed by atoms with Crippen molar-refractivity contribution < 1.29 is 4.39 Å². The molecule has 1 unspecified atom stereocenters. The molecule has 0 heterocycles. The lowest BCUT2D eigenvalue weighted by molar-refractivity contribution is 0.598. The molecule has 1 nitrogen and oxygen atoms in total. The third-order valence-corrected chi connectivity index (χ3v) is 3.54. The molecule has 0 saturated carbocycles. The Hall–Kier alpha value is -1.67. The summed E-state index contributed by atoms with van der Waals surface area (Å²) < 4.78 is 14.0. The number of hydrogen-bond acceptors (Lipinski definition) is 1. The third kappa shape index (κ3) is 2.69. The summed E-state index contributed by atoms with van der Waals surface area (Å²) in [6, 6.07) is 8.86. The summed E-state index contributed by atoms with van der Waals surface area (Å²) in [5.41, 5.74) is 12.3. The van der Waals surface area contributed by atoms with E-state index in [2.05, 4.69) is 19.1 Å². The Morgan fingerprint density at radius 2 is 1.47 bits per heavy atom. The van der Waals surface area contributed by atoms with Gasteiger partial charge in [0.15, 0.2) is 0 Å². The summed E-state index contributed by atoms with van der Waals surface area (Å²) in [6.07, 6.45) is 0. The molecular formula is C17H20FN. The average molecular weight is 257 g/mol. The van der Waals surface area contributed by atoms with Gasteiger partial charge in [-0.05, 0) is 50.5 Å². The van der Waals surface area contributed by atoms with Crippen LogP contribution in [0.1, 0.15) is 39.4 Å². The lowest BCUT2D eigenvalue weighted by atomic mass is 9.90. The Kier molecular flexibility index (Phi) is 3.72. The average Bonchev–Trinajstić information content (AvgIpc) is 2.30. The van der Waals surface area contributed by atoms with Crippen LogP contribution >= 0.6 is 0 Å². The van der Waals surface area contributed by atoms with Crippen LogP contribution in [0.3, 0.4) is 0 Å². The topological polar surface area (TPSA) is 26.0 Å². The van der Waals surface area contributed by atoms with Crippen molar-refractivity contribution in [3.63, 3.8) is 0 Å². The van der Waals surface area contributed by atoms with E-state index in [1.54, 1.807) is 6.07 Å². The monoisotopic (exact) mass is 257 g/mol. The maximum Gasteiger partial charge on any atom is 0.128 e. The van der Waals surface area contributed by atoms with Gasteiger partial charge in [-0.2, -0.15) is 0 Å². The van der Waals surface area contributed by atoms with Gasteiger partial charge in [-0.3, -0.25) is 0 Å². The van der Waals surface area contributed by atoms with E-state index in [0.717, 1.165) is 22.3 Å². The molecule has 0 amide bonds. The van der Waals surface area contributed by atoms with Crippen molar-refractivity contribution in [2.45, 2.75) is 33.7 Å². The predicted octanol–water partition coefficient (Wildman–Crippen LogP) is 4.11. The SMILES string of the molecule is Cc1cc(C)c(C(N)c2cc(C)ccc2F)c(C)c1. The molecular weight excluding hydrogens is 237 g/mol. The number of aryl methyl sites for hydroxylation is 4. The Labute approximate surface area is 114 Å². The third-order valence-electron chi connectivity index (χ3n) is 3.54. The van der Waals surface area contributed by atoms with Crippen molar-refractivity contribution in [3.8, 4) is 0 Å². The van der Waals surface area contributed by atoms with Gasteiger partial charge in [0, 0.05) is 5.56 Å². The van der Waals surface area contributed by atoms with Crippen LogP contribution in [0.25, 0.3) is 0 Å². The lowest BCUT2D eigenvalue weighted by Gasteiger charge is -2.19. The number of rotatable bonds is 2. The largest absolute Gasteiger partial charge is 0.320 e. The number of halogens is 1. The quantitative estimate of drug-likeness (QED) is 0.861. The van der Waals surface area contributed by atoms with Crippen molar-refractivity contribution in [3.05, 3.63) is 69.5 Å². The van der Waals surface area contributed by atoms with Gasteiger partial charge >= 0.3 is 0 Å². The fourth-order valence-electron chi connectivity index (χ4n) is 2.74. The molecule has 2 aromatic rings. The first-order chi connectivity index (χ1) is 8.90. The summed E-state index contributed by atoms with van der Waals surface area (Å²) in [7, 11) is 0. The van der Waals surface area contributed by atoms with Crippen molar-refractivity contribution >= 4 is 0 Å². The van der Waals surface area contributed by atoms with Gasteiger partial charge in [0.05, 0.1) is 6.04 Å². The molecule has 100 valence electrons. The van der Waals surface area contributed by atoms with E-state index in [4.69, 9.17) is 5.73 Å². The molecule has 0 fully saturated rings. The Bertz CT molecular complexity index is 594. The molecule has 0 saturated heterocycles. The number of nitrogens with two attached hydrogens (primary N) is 1. The molecule has 2 N–H and O–H groups in total. The summed E-state index contributed by atoms with van der Waals surface area (Å²) in [5.74, 6) is -0.238. The molecule has 2 rings (SSSR count). The minimum atomic E-state index is -0.416. The molecule has 0 aromatic heterocycles. The van der Waals surface area contributed by atoms with Gasteiger partial charge in [0.1, 0.15) is 5.82 Å². The molecule has 0 spiro atoms. The van der Waals surface area contributed by atoms with E-state index in [0.29, 0.717) is 5.56 Å². The van der Waals surface area contributed by atoms with Gasteiger partial charge < -0.3 is 5.73 Å². The van der Waals surface area contributed by atoms with Gasteiger partial charge in [-0.1, -0.05) is 35.4 Å². The van der Waals surface area contributed by atoms with Crippen molar-refractivity contribution in [1.82, 2.24) is 0 Å². The number of benzene rings is 2. The van der Waals surface area contributed by atoms with Crippen molar-refractivity contribution in [2.24, 2.45) is 5.73 Å². The molecule has 0 radical (unpaired) electrons. The van der Waals surface area contributed by atoms with Crippen molar-refractivity contribution in [2.75, 3.05) is 0 Å². The summed E-state index contributed by atoms with van der Waals surface area (Å²) in [5, 5.41) is 0. The smallest absolute Gasteiger partial charge is 0.128 e. The Morgan fingerprint density at radius 3 is 2.05 bits per heavy atom. The van der Waals surface area contributed by atoms with Crippen LogP contribution in [0.15, 0.2) is 30.3 Å². The summed E-state index contributed by atoms with van der Waals surface area (Å²) >= 11 is 0. The van der Waals surface area contributed by atoms with E-state index in [1.165, 1.54) is 11.6 Å². The van der Waals surface area contributed by atoms with Gasteiger partial charge in [0.2, 0.25) is 0 Å². The van der Waals surface area contributed by atoms with Gasteiger partial charge in [-0.15, -0.1) is 0 Å². The van der Waals surface area contributed by atoms with Crippen LogP contribution < -0.4 is 5.73 Å². The van der Waals surface area contributed by atoms with Crippen LogP contribution in [0.4, 0.5) is 4.39 Å². The molecule has 0 aliphatic carbocycles. The summed E-state index contributed by atoms with van der Waals surface area (Å²) in [4.78, 5) is 0. The van der Waals surface area contributed by atoms with Crippen LogP contribution in [0.2, 0.25) is 0 Å². The van der Waals surface area contributed by atoms with Crippen LogP contribution in [0.5, 0.6) is 0 Å². The Morgan fingerprint density at radius 1 is 0.895 bits per heavy atom. The minimum Gasteiger partial charge on any atom is -0.320 e. The minimum absolute atomic E-state index is 0.238. The first-order valence-corrected chi connectivity index (χ1v) is 6.49. The zero-order valence-electron chi connectivity index (χ0n) is 11.9. The van der Waals surface area contributed by atoms with Gasteiger partial charge in [-0.25, -0.2) is 4.39 Å². The highest BCUT2D eigenvalue weighted by Gasteiger charge is 2.17. The van der Waals surface area contributed by atoms with Gasteiger partial charge in [0.25, 0.3) is 0 Å². The van der Waals surface area contributed by atoms with E-state index in [1.807, 2.05) is 26.8 Å². The maximum absolute atomic E-state index is 14.0. The highest BCUT2D eigenvalue weighted by Crippen LogP contribution is 2.29. The molecule has 1 atom stereocenters. The fraction of sp³-hybridized carbons (Fsp3) is 0.294. The van der Waals surface area contributed by atoms with Crippen LogP contribution in [-0.4, -0.2) is 0 Å². The second-order valence-corrected chi connectivity index (χ2v) is 5.32. The molecule has 2 aromatic carbocycles. The highest BCUT2D eigenvalue weighted by molar-refractivity contribution is 5.44. The molecule has 2 heteroatoms. The maximum atomic E-state index is 14.0. The second kappa shape index (κ2) is 5.14. The number of hydrogen-bond donors (Lipinski definition) is 1. The first-order valence-electron chi connectivity index (χ1n) is 6.49. The molecule has 0 aliphatic heterocycles. The standard InChI is InChI=1S/C17H20FN/c1-10-5-6-15(18)14(9-10)17(19)16-12(3)7-11(2)8-13(16)4/h5-9,17H,19H2,1-4H3.